The van der Waals surface area contributed by atoms with Crippen LogP contribution in [0.15, 0.2) is 96.0 Å². The topological polar surface area (TPSA) is 34.4 Å². The molecule has 0 N–H and O–H groups in total. The first-order valence-corrected chi connectivity index (χ1v) is 10.5. The average molecular weight is 399 g/mol. The van der Waals surface area contributed by atoms with Crippen LogP contribution in [0, 0.1) is 6.92 Å². The van der Waals surface area contributed by atoms with Crippen molar-refractivity contribution in [3.8, 4) is 10.4 Å². The van der Waals surface area contributed by atoms with Crippen LogP contribution in [-0.2, 0) is 13.0 Å². The second kappa shape index (κ2) is 8.84. The predicted octanol–water partition coefficient (Wildman–Crippen LogP) is 5.51. The van der Waals surface area contributed by atoms with Gasteiger partial charge in [-0.05, 0) is 36.6 Å². The summed E-state index contributed by atoms with van der Waals surface area (Å²) < 4.78 is 2.17. The van der Waals surface area contributed by atoms with E-state index in [1.165, 1.54) is 5.56 Å². The maximum absolute atomic E-state index is 12.7. The Morgan fingerprint density at radius 3 is 2.10 bits per heavy atom. The second-order valence-electron chi connectivity index (χ2n) is 6.84. The first-order chi connectivity index (χ1) is 14.2. The largest absolute Gasteiger partial charge is 0.320 e. The summed E-state index contributed by atoms with van der Waals surface area (Å²) in [6, 6.07) is 29.9. The van der Waals surface area contributed by atoms with E-state index in [9.17, 15) is 4.79 Å². The van der Waals surface area contributed by atoms with E-state index in [1.54, 1.807) is 23.5 Å². The summed E-state index contributed by atoms with van der Waals surface area (Å²) in [4.78, 5) is 19.1. The number of nitrogens with zero attached hydrogens (tertiary/aromatic N) is 2. The van der Waals surface area contributed by atoms with Gasteiger partial charge < -0.3 is 4.57 Å². The van der Waals surface area contributed by atoms with Gasteiger partial charge in [-0.3, -0.25) is 4.79 Å². The molecule has 29 heavy (non-hydrogen) atoms. The van der Waals surface area contributed by atoms with Crippen molar-refractivity contribution in [3.05, 3.63) is 113 Å². The summed E-state index contributed by atoms with van der Waals surface area (Å²) in [5.74, 6) is -0.208. The average Bonchev–Trinajstić information content (AvgIpc) is 3.09. The van der Waals surface area contributed by atoms with Crippen molar-refractivity contribution < 1.29 is 4.79 Å². The number of aryl methyl sites for hydroxylation is 1. The van der Waals surface area contributed by atoms with Gasteiger partial charge in [-0.25, -0.2) is 0 Å². The minimum Gasteiger partial charge on any atom is -0.320 e. The summed E-state index contributed by atoms with van der Waals surface area (Å²) >= 11 is 1.57. The maximum Gasteiger partial charge on any atom is 0.279 e. The minimum absolute atomic E-state index is 0.208. The number of amides is 1. The lowest BCUT2D eigenvalue weighted by molar-refractivity contribution is 0.0997. The number of carbonyl (C=O) groups is 1. The van der Waals surface area contributed by atoms with Gasteiger partial charge in [0.1, 0.15) is 0 Å². The first kappa shape index (κ1) is 19.1. The van der Waals surface area contributed by atoms with Gasteiger partial charge in [0.25, 0.3) is 5.91 Å². The van der Waals surface area contributed by atoms with Crippen molar-refractivity contribution in [3.63, 3.8) is 0 Å². The molecule has 0 saturated heterocycles. The molecule has 3 aromatic carbocycles. The molecule has 0 aliphatic carbocycles. The zero-order valence-electron chi connectivity index (χ0n) is 16.3. The fourth-order valence-electron chi connectivity index (χ4n) is 3.31. The first-order valence-electron chi connectivity index (χ1n) is 9.66. The Labute approximate surface area is 174 Å². The van der Waals surface area contributed by atoms with Crippen LogP contribution in [0.2, 0.25) is 0 Å². The van der Waals surface area contributed by atoms with E-state index < -0.39 is 0 Å². The van der Waals surface area contributed by atoms with E-state index in [0.717, 1.165) is 33.9 Å². The molecule has 0 atom stereocenters. The third-order valence-corrected chi connectivity index (χ3v) is 6.11. The van der Waals surface area contributed by atoms with Crippen LogP contribution in [0.1, 0.15) is 21.6 Å². The van der Waals surface area contributed by atoms with Crippen molar-refractivity contribution >= 4 is 17.2 Å². The smallest absolute Gasteiger partial charge is 0.279 e. The standard InChI is InChI=1S/C25H22N2OS/c1-19-23(21-13-7-3-8-14-21)29-25(26-24(28)22-15-9-4-10-16-22)27(19)18-17-20-11-5-2-6-12-20/h2-16H,17-18H2,1H3. The van der Waals surface area contributed by atoms with Crippen molar-refractivity contribution in [1.29, 1.82) is 0 Å². The lowest BCUT2D eigenvalue weighted by Crippen LogP contribution is -2.19. The summed E-state index contributed by atoms with van der Waals surface area (Å²) in [6.45, 7) is 2.88. The van der Waals surface area contributed by atoms with Crippen molar-refractivity contribution in [2.75, 3.05) is 0 Å². The predicted molar refractivity (Wildman–Crippen MR) is 119 cm³/mol. The highest BCUT2D eigenvalue weighted by molar-refractivity contribution is 7.13. The van der Waals surface area contributed by atoms with Crippen LogP contribution in [-0.4, -0.2) is 10.5 Å². The van der Waals surface area contributed by atoms with Gasteiger partial charge in [0.15, 0.2) is 4.80 Å². The van der Waals surface area contributed by atoms with Crippen molar-refractivity contribution in [2.45, 2.75) is 19.9 Å². The Hall–Kier alpha value is -3.24. The second-order valence-corrected chi connectivity index (χ2v) is 7.81. The minimum atomic E-state index is -0.208. The van der Waals surface area contributed by atoms with Crippen LogP contribution < -0.4 is 4.80 Å². The molecule has 4 aromatic rings. The van der Waals surface area contributed by atoms with Gasteiger partial charge in [0.05, 0.1) is 4.88 Å². The number of hydrogen-bond donors (Lipinski definition) is 0. The summed E-state index contributed by atoms with van der Waals surface area (Å²) in [5, 5.41) is 0. The molecule has 0 fully saturated rings. The molecule has 1 heterocycles. The molecule has 0 aliphatic heterocycles. The third-order valence-electron chi connectivity index (χ3n) is 4.88. The normalized spacial score (nSPS) is 11.6. The van der Waals surface area contributed by atoms with Crippen LogP contribution in [0.4, 0.5) is 0 Å². The number of carbonyl (C=O) groups excluding carboxylic acids is 1. The molecule has 4 rings (SSSR count). The summed E-state index contributed by atoms with van der Waals surface area (Å²) in [7, 11) is 0. The van der Waals surface area contributed by atoms with E-state index in [1.807, 2.05) is 42.5 Å². The quantitative estimate of drug-likeness (QED) is 0.436. The van der Waals surface area contributed by atoms with E-state index in [-0.39, 0.29) is 5.91 Å². The zero-order chi connectivity index (χ0) is 20.1. The molecule has 0 unspecified atom stereocenters. The molecule has 3 nitrogen and oxygen atoms in total. The maximum atomic E-state index is 12.7. The number of benzene rings is 3. The van der Waals surface area contributed by atoms with Gasteiger partial charge in [0, 0.05) is 17.8 Å². The Kier molecular flexibility index (Phi) is 5.82. The van der Waals surface area contributed by atoms with Crippen LogP contribution in [0.5, 0.6) is 0 Å². The van der Waals surface area contributed by atoms with Crippen LogP contribution in [0.25, 0.3) is 10.4 Å². The molecule has 0 saturated carbocycles. The van der Waals surface area contributed by atoms with Gasteiger partial charge in [-0.1, -0.05) is 90.2 Å². The summed E-state index contributed by atoms with van der Waals surface area (Å²) in [6.07, 6.45) is 0.888. The van der Waals surface area contributed by atoms with Gasteiger partial charge in [-0.2, -0.15) is 4.99 Å². The van der Waals surface area contributed by atoms with E-state index in [4.69, 9.17) is 0 Å². The van der Waals surface area contributed by atoms with E-state index in [2.05, 4.69) is 52.9 Å². The SMILES string of the molecule is Cc1c(-c2ccccc2)sc(=NC(=O)c2ccccc2)n1CCc1ccccc1. The van der Waals surface area contributed by atoms with E-state index in [0.29, 0.717) is 5.56 Å². The Morgan fingerprint density at radius 1 is 0.862 bits per heavy atom. The van der Waals surface area contributed by atoms with Crippen molar-refractivity contribution in [1.82, 2.24) is 4.57 Å². The lowest BCUT2D eigenvalue weighted by Gasteiger charge is -2.07. The monoisotopic (exact) mass is 398 g/mol. The Balaban J connectivity index is 1.75. The highest BCUT2D eigenvalue weighted by Crippen LogP contribution is 2.26. The molecule has 0 spiro atoms. The van der Waals surface area contributed by atoms with Crippen molar-refractivity contribution in [2.24, 2.45) is 4.99 Å². The molecule has 0 aliphatic rings. The molecule has 0 radical (unpaired) electrons. The molecular formula is C25H22N2OS. The van der Waals surface area contributed by atoms with Crippen LogP contribution >= 0.6 is 11.3 Å². The molecule has 144 valence electrons. The fourth-order valence-corrected chi connectivity index (χ4v) is 4.47. The summed E-state index contributed by atoms with van der Waals surface area (Å²) in [5.41, 5.74) is 4.16. The lowest BCUT2D eigenvalue weighted by atomic mass is 10.1. The van der Waals surface area contributed by atoms with Gasteiger partial charge in [-0.15, -0.1) is 0 Å². The molecule has 0 bridgehead atoms. The Bertz CT molecular complexity index is 1160. The molecular weight excluding hydrogens is 376 g/mol. The number of thiazole rings is 1. The zero-order valence-corrected chi connectivity index (χ0v) is 17.1. The molecule has 1 amide bonds. The van der Waals surface area contributed by atoms with Gasteiger partial charge in [0.2, 0.25) is 0 Å². The van der Waals surface area contributed by atoms with Crippen LogP contribution in [0.3, 0.4) is 0 Å². The Morgan fingerprint density at radius 2 is 1.45 bits per heavy atom. The highest BCUT2D eigenvalue weighted by Gasteiger charge is 2.13. The van der Waals surface area contributed by atoms with Gasteiger partial charge >= 0.3 is 0 Å². The number of hydrogen-bond acceptors (Lipinski definition) is 2. The number of rotatable bonds is 5. The third kappa shape index (κ3) is 4.44. The fraction of sp³-hybridized carbons (Fsp3) is 0.120. The number of aromatic nitrogens is 1. The van der Waals surface area contributed by atoms with E-state index >= 15 is 0 Å². The molecule has 4 heteroatoms. The highest BCUT2D eigenvalue weighted by atomic mass is 32.1. The molecule has 1 aromatic heterocycles.